The maximum absolute atomic E-state index is 11.3. The molecule has 0 amide bonds. The third-order valence-corrected chi connectivity index (χ3v) is 4.58. The SMILES string of the molecule is NC1CCC(Nc2ccc3scnc3c2[N+](=O)[O-])CC1. The molecule has 1 saturated carbocycles. The first-order chi connectivity index (χ1) is 9.65. The van der Waals surface area contributed by atoms with E-state index < -0.39 is 0 Å². The van der Waals surface area contributed by atoms with Gasteiger partial charge < -0.3 is 11.1 Å². The number of hydrogen-bond acceptors (Lipinski definition) is 6. The Balaban J connectivity index is 1.90. The molecule has 3 N–H and O–H groups in total. The molecular formula is C13H16N4O2S. The normalized spacial score (nSPS) is 22.9. The van der Waals surface area contributed by atoms with E-state index in [1.54, 1.807) is 11.6 Å². The van der Waals surface area contributed by atoms with E-state index in [9.17, 15) is 10.1 Å². The fourth-order valence-electron chi connectivity index (χ4n) is 2.70. The van der Waals surface area contributed by atoms with Crippen LogP contribution in [0.4, 0.5) is 11.4 Å². The lowest BCUT2D eigenvalue weighted by molar-refractivity contribution is -0.382. The van der Waals surface area contributed by atoms with Gasteiger partial charge in [-0.3, -0.25) is 10.1 Å². The second-order valence-electron chi connectivity index (χ2n) is 5.17. The largest absolute Gasteiger partial charge is 0.377 e. The average Bonchev–Trinajstić information content (AvgIpc) is 2.89. The summed E-state index contributed by atoms with van der Waals surface area (Å²) in [4.78, 5) is 15.1. The molecule has 2 aromatic rings. The number of aromatic nitrogens is 1. The van der Waals surface area contributed by atoms with Crippen molar-refractivity contribution < 1.29 is 4.92 Å². The molecule has 7 heteroatoms. The Hall–Kier alpha value is -1.73. The van der Waals surface area contributed by atoms with Gasteiger partial charge in [-0.05, 0) is 37.8 Å². The van der Waals surface area contributed by atoms with Crippen molar-refractivity contribution in [2.24, 2.45) is 5.73 Å². The van der Waals surface area contributed by atoms with E-state index in [2.05, 4.69) is 10.3 Å². The van der Waals surface area contributed by atoms with Crippen molar-refractivity contribution >= 4 is 32.9 Å². The van der Waals surface area contributed by atoms with Gasteiger partial charge in [-0.1, -0.05) is 0 Å². The first-order valence-corrected chi connectivity index (χ1v) is 7.56. The van der Waals surface area contributed by atoms with Gasteiger partial charge in [-0.25, -0.2) is 4.98 Å². The molecule has 0 spiro atoms. The number of nitrogens with one attached hydrogen (secondary N) is 1. The highest BCUT2D eigenvalue weighted by atomic mass is 32.1. The lowest BCUT2D eigenvalue weighted by Gasteiger charge is -2.27. The van der Waals surface area contributed by atoms with Crippen molar-refractivity contribution in [1.82, 2.24) is 4.98 Å². The van der Waals surface area contributed by atoms with Crippen LogP contribution in [0.5, 0.6) is 0 Å². The van der Waals surface area contributed by atoms with Gasteiger partial charge in [0.05, 0.1) is 15.1 Å². The minimum Gasteiger partial charge on any atom is -0.377 e. The molecule has 1 fully saturated rings. The van der Waals surface area contributed by atoms with Gasteiger partial charge in [0, 0.05) is 12.1 Å². The van der Waals surface area contributed by atoms with Crippen LogP contribution < -0.4 is 11.1 Å². The van der Waals surface area contributed by atoms with E-state index in [0.717, 1.165) is 30.4 Å². The fourth-order valence-corrected chi connectivity index (χ4v) is 3.38. The molecule has 0 radical (unpaired) electrons. The summed E-state index contributed by atoms with van der Waals surface area (Å²) in [6, 6.07) is 4.19. The standard InChI is InChI=1S/C13H16N4O2S/c14-8-1-3-9(4-2-8)16-10-5-6-11-12(15-7-20-11)13(10)17(18)19/h5-9,16H,1-4,14H2. The summed E-state index contributed by atoms with van der Waals surface area (Å²) in [5.41, 5.74) is 8.64. The number of nitrogens with zero attached hydrogens (tertiary/aromatic N) is 2. The molecule has 1 aromatic carbocycles. The highest BCUT2D eigenvalue weighted by Crippen LogP contribution is 2.35. The zero-order valence-electron chi connectivity index (χ0n) is 10.9. The highest BCUT2D eigenvalue weighted by Gasteiger charge is 2.24. The number of nitro benzene ring substituents is 1. The molecule has 0 unspecified atom stereocenters. The number of benzene rings is 1. The molecule has 1 aromatic heterocycles. The molecule has 0 atom stereocenters. The number of thiazole rings is 1. The van der Waals surface area contributed by atoms with Gasteiger partial charge in [0.15, 0.2) is 5.52 Å². The number of hydrogen-bond donors (Lipinski definition) is 2. The molecule has 1 aliphatic rings. The van der Waals surface area contributed by atoms with Crippen molar-refractivity contribution in [3.63, 3.8) is 0 Å². The summed E-state index contributed by atoms with van der Waals surface area (Å²) in [5.74, 6) is 0. The Morgan fingerprint density at radius 2 is 2.10 bits per heavy atom. The zero-order chi connectivity index (χ0) is 14.1. The van der Waals surface area contributed by atoms with Crippen LogP contribution in [0.1, 0.15) is 25.7 Å². The summed E-state index contributed by atoms with van der Waals surface area (Å²) in [5, 5.41) is 14.6. The number of nitro groups is 1. The van der Waals surface area contributed by atoms with Gasteiger partial charge in [0.2, 0.25) is 0 Å². The van der Waals surface area contributed by atoms with Crippen molar-refractivity contribution in [1.29, 1.82) is 0 Å². The quantitative estimate of drug-likeness (QED) is 0.670. The Morgan fingerprint density at radius 1 is 1.35 bits per heavy atom. The third-order valence-electron chi connectivity index (χ3n) is 3.79. The number of anilines is 1. The molecule has 1 heterocycles. The smallest absolute Gasteiger partial charge is 0.319 e. The molecule has 20 heavy (non-hydrogen) atoms. The van der Waals surface area contributed by atoms with E-state index in [1.165, 1.54) is 11.3 Å². The highest BCUT2D eigenvalue weighted by molar-refractivity contribution is 7.16. The maximum atomic E-state index is 11.3. The van der Waals surface area contributed by atoms with E-state index in [0.29, 0.717) is 11.2 Å². The molecule has 1 aliphatic carbocycles. The van der Waals surface area contributed by atoms with Crippen LogP contribution in [0, 0.1) is 10.1 Å². The van der Waals surface area contributed by atoms with Gasteiger partial charge in [0.1, 0.15) is 5.69 Å². The van der Waals surface area contributed by atoms with Crippen molar-refractivity contribution in [3.05, 3.63) is 27.8 Å². The predicted octanol–water partition coefficient (Wildman–Crippen LogP) is 2.89. The summed E-state index contributed by atoms with van der Waals surface area (Å²) in [6.07, 6.45) is 3.83. The van der Waals surface area contributed by atoms with Crippen molar-refractivity contribution in [2.45, 2.75) is 37.8 Å². The Bertz CT molecular complexity index is 634. The van der Waals surface area contributed by atoms with Gasteiger partial charge in [0.25, 0.3) is 0 Å². The van der Waals surface area contributed by atoms with Crippen LogP contribution in [0.3, 0.4) is 0 Å². The van der Waals surface area contributed by atoms with Gasteiger partial charge >= 0.3 is 5.69 Å². The molecule has 0 aliphatic heterocycles. The van der Waals surface area contributed by atoms with Crippen LogP contribution in [0.15, 0.2) is 17.6 Å². The second kappa shape index (κ2) is 5.34. The summed E-state index contributed by atoms with van der Waals surface area (Å²) >= 11 is 1.41. The average molecular weight is 292 g/mol. The summed E-state index contributed by atoms with van der Waals surface area (Å²) < 4.78 is 0.841. The second-order valence-corrected chi connectivity index (χ2v) is 6.06. The number of fused-ring (bicyclic) bond motifs is 1. The van der Waals surface area contributed by atoms with Crippen LogP contribution in [0.25, 0.3) is 10.2 Å². The first-order valence-electron chi connectivity index (χ1n) is 6.68. The topological polar surface area (TPSA) is 94.1 Å². The van der Waals surface area contributed by atoms with E-state index in [1.807, 2.05) is 6.07 Å². The van der Waals surface area contributed by atoms with Crippen LogP contribution in [0.2, 0.25) is 0 Å². The Labute approximate surface area is 120 Å². The lowest BCUT2D eigenvalue weighted by atomic mass is 9.91. The maximum Gasteiger partial charge on any atom is 0.319 e. The van der Waals surface area contributed by atoms with E-state index >= 15 is 0 Å². The lowest BCUT2D eigenvalue weighted by Crippen LogP contribution is -2.32. The first kappa shape index (κ1) is 13.3. The molecule has 3 rings (SSSR count). The Kier molecular flexibility index (Phi) is 3.54. The monoisotopic (exact) mass is 292 g/mol. The molecule has 0 bridgehead atoms. The van der Waals surface area contributed by atoms with Crippen molar-refractivity contribution in [2.75, 3.05) is 5.32 Å². The Morgan fingerprint density at radius 3 is 2.80 bits per heavy atom. The van der Waals surface area contributed by atoms with E-state index in [4.69, 9.17) is 5.73 Å². The minimum atomic E-state index is -0.348. The summed E-state index contributed by atoms with van der Waals surface area (Å²) in [7, 11) is 0. The molecule has 6 nitrogen and oxygen atoms in total. The number of rotatable bonds is 3. The number of nitrogens with two attached hydrogens (primary N) is 1. The van der Waals surface area contributed by atoms with Crippen molar-refractivity contribution in [3.8, 4) is 0 Å². The summed E-state index contributed by atoms with van der Waals surface area (Å²) in [6.45, 7) is 0. The fraction of sp³-hybridized carbons (Fsp3) is 0.462. The minimum absolute atomic E-state index is 0.0821. The van der Waals surface area contributed by atoms with Crippen LogP contribution in [-0.2, 0) is 0 Å². The molecule has 106 valence electrons. The third kappa shape index (κ3) is 2.46. The van der Waals surface area contributed by atoms with Gasteiger partial charge in [-0.15, -0.1) is 11.3 Å². The van der Waals surface area contributed by atoms with Crippen LogP contribution in [-0.4, -0.2) is 22.0 Å². The zero-order valence-corrected chi connectivity index (χ0v) is 11.7. The van der Waals surface area contributed by atoms with Gasteiger partial charge in [-0.2, -0.15) is 0 Å². The predicted molar refractivity (Wildman–Crippen MR) is 80.1 cm³/mol. The van der Waals surface area contributed by atoms with E-state index in [-0.39, 0.29) is 22.7 Å². The molecular weight excluding hydrogens is 276 g/mol. The van der Waals surface area contributed by atoms with Crippen LogP contribution >= 0.6 is 11.3 Å². The molecule has 0 saturated heterocycles.